The van der Waals surface area contributed by atoms with Crippen LogP contribution in [0.25, 0.3) is 0 Å². The highest BCUT2D eigenvalue weighted by molar-refractivity contribution is 7.15. The Morgan fingerprint density at radius 3 is 3.00 bits per heavy atom. The predicted molar refractivity (Wildman–Crippen MR) is 85.0 cm³/mol. The number of rotatable bonds is 5. The number of ether oxygens (including phenoxy) is 3. The Morgan fingerprint density at radius 1 is 1.58 bits per heavy atom. The molecule has 0 spiro atoms. The molecule has 1 aliphatic heterocycles. The molecule has 126 valence electrons. The molecule has 1 N–H and O–H groups in total. The molecule has 0 fully saturated rings. The number of thiazole rings is 1. The van der Waals surface area contributed by atoms with Crippen LogP contribution in [-0.2, 0) is 17.8 Å². The van der Waals surface area contributed by atoms with Crippen LogP contribution < -0.4 is 9.47 Å². The van der Waals surface area contributed by atoms with Gasteiger partial charge in [0.1, 0.15) is 6.61 Å². The van der Waals surface area contributed by atoms with E-state index in [0.717, 1.165) is 4.88 Å². The molecule has 0 bridgehead atoms. The van der Waals surface area contributed by atoms with Crippen molar-refractivity contribution in [2.45, 2.75) is 19.3 Å². The fourth-order valence-electron chi connectivity index (χ4n) is 2.45. The van der Waals surface area contributed by atoms with Gasteiger partial charge in [0.2, 0.25) is 6.29 Å². The number of aliphatic hydroxyl groups is 1. The number of nitrogens with zero attached hydrogens (tertiary/aromatic N) is 1. The standard InChI is InChI=1S/C15H12ClNO6S/c1-21-13-10(5-18)8-3-12(19)23-14(20)9(8)2-11(13)22-6-7-4-17-15(16)24-7/h2,4-5,12,19H,3,6H2,1H3. The molecule has 0 saturated carbocycles. The van der Waals surface area contributed by atoms with Crippen LogP contribution in [0.5, 0.6) is 11.5 Å². The molecule has 2 aromatic rings. The number of hydrogen-bond donors (Lipinski definition) is 1. The summed E-state index contributed by atoms with van der Waals surface area (Å²) in [7, 11) is 1.39. The van der Waals surface area contributed by atoms with Gasteiger partial charge in [0.15, 0.2) is 22.3 Å². The quantitative estimate of drug-likeness (QED) is 0.637. The van der Waals surface area contributed by atoms with E-state index in [0.29, 0.717) is 16.3 Å². The largest absolute Gasteiger partial charge is 0.492 e. The first-order valence-electron chi connectivity index (χ1n) is 6.84. The Bertz CT molecular complexity index is 806. The van der Waals surface area contributed by atoms with Gasteiger partial charge in [-0.1, -0.05) is 11.6 Å². The van der Waals surface area contributed by atoms with Gasteiger partial charge in [-0.2, -0.15) is 0 Å². The number of aromatic nitrogens is 1. The van der Waals surface area contributed by atoms with Crippen molar-refractivity contribution in [3.63, 3.8) is 0 Å². The molecule has 0 saturated heterocycles. The van der Waals surface area contributed by atoms with Gasteiger partial charge in [-0.3, -0.25) is 4.79 Å². The zero-order valence-electron chi connectivity index (χ0n) is 12.4. The van der Waals surface area contributed by atoms with Gasteiger partial charge >= 0.3 is 5.97 Å². The molecule has 9 heteroatoms. The topological polar surface area (TPSA) is 95.0 Å². The Kier molecular flexibility index (Phi) is 4.70. The van der Waals surface area contributed by atoms with Gasteiger partial charge < -0.3 is 19.3 Å². The second-order valence-corrected chi connectivity index (χ2v) is 6.60. The van der Waals surface area contributed by atoms with E-state index in [-0.39, 0.29) is 35.7 Å². The fraction of sp³-hybridized carbons (Fsp3) is 0.267. The number of fused-ring (bicyclic) bond motifs is 1. The first kappa shape index (κ1) is 16.7. The molecule has 1 atom stereocenters. The third kappa shape index (κ3) is 3.08. The molecule has 1 unspecified atom stereocenters. The Balaban J connectivity index is 2.00. The van der Waals surface area contributed by atoms with Crippen molar-refractivity contribution < 1.29 is 28.9 Å². The smallest absolute Gasteiger partial charge is 0.340 e. The van der Waals surface area contributed by atoms with E-state index >= 15 is 0 Å². The van der Waals surface area contributed by atoms with Gasteiger partial charge in [-0.25, -0.2) is 9.78 Å². The van der Waals surface area contributed by atoms with Crippen molar-refractivity contribution in [1.82, 2.24) is 4.98 Å². The van der Waals surface area contributed by atoms with Crippen LogP contribution in [0.1, 0.15) is 31.2 Å². The molecule has 0 radical (unpaired) electrons. The predicted octanol–water partition coefficient (Wildman–Crippen LogP) is 2.23. The third-order valence-electron chi connectivity index (χ3n) is 3.45. The first-order valence-corrected chi connectivity index (χ1v) is 8.04. The number of aldehydes is 1. The summed E-state index contributed by atoms with van der Waals surface area (Å²) in [6.07, 6.45) is 0.859. The molecule has 0 aliphatic carbocycles. The van der Waals surface area contributed by atoms with Crippen LogP contribution in [0.15, 0.2) is 12.3 Å². The van der Waals surface area contributed by atoms with Gasteiger partial charge in [0, 0.05) is 12.6 Å². The lowest BCUT2D eigenvalue weighted by Gasteiger charge is -2.24. The Hall–Kier alpha value is -2.16. The molecule has 24 heavy (non-hydrogen) atoms. The van der Waals surface area contributed by atoms with Gasteiger partial charge in [-0.05, 0) is 11.6 Å². The Labute approximate surface area is 145 Å². The zero-order valence-corrected chi connectivity index (χ0v) is 14.0. The van der Waals surface area contributed by atoms with Crippen LogP contribution in [0, 0.1) is 0 Å². The van der Waals surface area contributed by atoms with E-state index in [1.165, 1.54) is 24.5 Å². The highest BCUT2D eigenvalue weighted by atomic mass is 35.5. The molecule has 1 aromatic heterocycles. The van der Waals surface area contributed by atoms with Crippen molar-refractivity contribution >= 4 is 35.2 Å². The lowest BCUT2D eigenvalue weighted by atomic mass is 9.95. The summed E-state index contributed by atoms with van der Waals surface area (Å²) < 4.78 is 16.1. The second kappa shape index (κ2) is 6.76. The van der Waals surface area contributed by atoms with Crippen molar-refractivity contribution in [3.05, 3.63) is 38.3 Å². The first-order chi connectivity index (χ1) is 11.5. The minimum absolute atomic E-state index is 0.0102. The number of carbonyl (C=O) groups excluding carboxylic acids is 2. The normalized spacial score (nSPS) is 16.3. The fourth-order valence-corrected chi connectivity index (χ4v) is 3.34. The van der Waals surface area contributed by atoms with Crippen LogP contribution in [-0.4, -0.2) is 35.7 Å². The summed E-state index contributed by atoms with van der Waals surface area (Å²) in [5, 5.41) is 9.58. The van der Waals surface area contributed by atoms with Crippen molar-refractivity contribution in [2.75, 3.05) is 7.11 Å². The van der Waals surface area contributed by atoms with Crippen molar-refractivity contribution in [2.24, 2.45) is 0 Å². The third-order valence-corrected chi connectivity index (χ3v) is 4.54. The number of cyclic esters (lactones) is 1. The number of aliphatic hydroxyl groups excluding tert-OH is 1. The molecule has 0 amide bonds. The molecule has 7 nitrogen and oxygen atoms in total. The SMILES string of the molecule is COc1c(OCc2cnc(Cl)s2)cc2c(c1C=O)CC(O)OC2=O. The van der Waals surface area contributed by atoms with Gasteiger partial charge in [-0.15, -0.1) is 11.3 Å². The second-order valence-electron chi connectivity index (χ2n) is 4.90. The summed E-state index contributed by atoms with van der Waals surface area (Å²) in [6.45, 7) is 0.148. The Morgan fingerprint density at radius 2 is 2.38 bits per heavy atom. The summed E-state index contributed by atoms with van der Waals surface area (Å²) in [5.74, 6) is -0.308. The molecular formula is C15H12ClNO6S. The lowest BCUT2D eigenvalue weighted by Crippen LogP contribution is -2.28. The van der Waals surface area contributed by atoms with Crippen molar-refractivity contribution in [3.8, 4) is 11.5 Å². The maximum atomic E-state index is 12.0. The van der Waals surface area contributed by atoms with E-state index in [1.807, 2.05) is 0 Å². The lowest BCUT2D eigenvalue weighted by molar-refractivity contribution is -0.0688. The molecule has 1 aliphatic rings. The number of esters is 1. The van der Waals surface area contributed by atoms with Gasteiger partial charge in [0.25, 0.3) is 0 Å². The van der Waals surface area contributed by atoms with E-state index in [9.17, 15) is 14.7 Å². The van der Waals surface area contributed by atoms with Crippen LogP contribution in [0.3, 0.4) is 0 Å². The average molecular weight is 370 g/mol. The van der Waals surface area contributed by atoms with E-state index in [4.69, 9.17) is 25.8 Å². The van der Waals surface area contributed by atoms with E-state index < -0.39 is 12.3 Å². The number of carbonyl (C=O) groups is 2. The number of hydrogen-bond acceptors (Lipinski definition) is 8. The van der Waals surface area contributed by atoms with Crippen molar-refractivity contribution in [1.29, 1.82) is 0 Å². The number of methoxy groups -OCH3 is 1. The minimum Gasteiger partial charge on any atom is -0.492 e. The van der Waals surface area contributed by atoms with Crippen LogP contribution >= 0.6 is 22.9 Å². The van der Waals surface area contributed by atoms with Crippen LogP contribution in [0.2, 0.25) is 4.47 Å². The zero-order chi connectivity index (χ0) is 17.3. The summed E-state index contributed by atoms with van der Waals surface area (Å²) in [4.78, 5) is 28.2. The minimum atomic E-state index is -1.29. The summed E-state index contributed by atoms with van der Waals surface area (Å²) in [5.41, 5.74) is 0.697. The molecule has 2 heterocycles. The van der Waals surface area contributed by atoms with Gasteiger partial charge in [0.05, 0.1) is 23.1 Å². The molecule has 3 rings (SSSR count). The number of benzene rings is 1. The monoisotopic (exact) mass is 369 g/mol. The summed E-state index contributed by atoms with van der Waals surface area (Å²) >= 11 is 7.03. The maximum Gasteiger partial charge on any atom is 0.340 e. The highest BCUT2D eigenvalue weighted by Crippen LogP contribution is 2.38. The average Bonchev–Trinajstić information content (AvgIpc) is 2.97. The van der Waals surface area contributed by atoms with Crippen LogP contribution in [0.4, 0.5) is 0 Å². The molecule has 1 aromatic carbocycles. The highest BCUT2D eigenvalue weighted by Gasteiger charge is 2.31. The maximum absolute atomic E-state index is 12.0. The van der Waals surface area contributed by atoms with E-state index in [1.54, 1.807) is 6.20 Å². The number of halogens is 1. The summed E-state index contributed by atoms with van der Waals surface area (Å²) in [6, 6.07) is 1.44. The molecular weight excluding hydrogens is 358 g/mol. The van der Waals surface area contributed by atoms with E-state index in [2.05, 4.69) is 4.98 Å².